The van der Waals surface area contributed by atoms with Crippen LogP contribution in [0.2, 0.25) is 0 Å². The lowest BCUT2D eigenvalue weighted by Crippen LogP contribution is -2.39. The van der Waals surface area contributed by atoms with E-state index in [4.69, 9.17) is 4.74 Å². The van der Waals surface area contributed by atoms with Crippen LogP contribution < -0.4 is 0 Å². The van der Waals surface area contributed by atoms with Gasteiger partial charge in [0.2, 0.25) is 5.92 Å². The van der Waals surface area contributed by atoms with Gasteiger partial charge in [0, 0.05) is 20.0 Å². The van der Waals surface area contributed by atoms with E-state index in [1.807, 2.05) is 0 Å². The normalized spacial score (nSPS) is 25.5. The summed E-state index contributed by atoms with van der Waals surface area (Å²) < 4.78 is 31.0. The number of hydrogen-bond acceptors (Lipinski definition) is 1. The van der Waals surface area contributed by atoms with Gasteiger partial charge < -0.3 is 4.74 Å². The smallest absolute Gasteiger partial charge is 0.248 e. The number of methoxy groups -OCH3 is 1. The third-order valence-electron chi connectivity index (χ3n) is 2.84. The summed E-state index contributed by atoms with van der Waals surface area (Å²) in [5.41, 5.74) is -0.372. The first-order valence-electron chi connectivity index (χ1n) is 4.57. The Morgan fingerprint density at radius 2 is 1.85 bits per heavy atom. The van der Waals surface area contributed by atoms with Gasteiger partial charge in [-0.1, -0.05) is 6.08 Å². The van der Waals surface area contributed by atoms with Gasteiger partial charge in [-0.25, -0.2) is 8.78 Å². The first-order valence-corrected chi connectivity index (χ1v) is 4.57. The van der Waals surface area contributed by atoms with E-state index >= 15 is 0 Å². The molecule has 1 rings (SSSR count). The maximum absolute atomic E-state index is 12.8. The van der Waals surface area contributed by atoms with Crippen molar-refractivity contribution in [3.05, 3.63) is 12.7 Å². The Bertz CT molecular complexity index is 179. The molecule has 13 heavy (non-hydrogen) atoms. The number of halogens is 2. The quantitative estimate of drug-likeness (QED) is 0.621. The van der Waals surface area contributed by atoms with Gasteiger partial charge in [-0.3, -0.25) is 0 Å². The summed E-state index contributed by atoms with van der Waals surface area (Å²) in [5.74, 6) is -2.48. The second kappa shape index (κ2) is 3.74. The molecule has 0 saturated heterocycles. The van der Waals surface area contributed by atoms with Gasteiger partial charge in [0.25, 0.3) is 0 Å². The van der Waals surface area contributed by atoms with E-state index in [0.717, 1.165) is 0 Å². The molecule has 0 aromatic heterocycles. The van der Waals surface area contributed by atoms with E-state index in [2.05, 4.69) is 6.58 Å². The highest BCUT2D eigenvalue weighted by Crippen LogP contribution is 2.41. The zero-order valence-corrected chi connectivity index (χ0v) is 7.98. The van der Waals surface area contributed by atoms with Crippen molar-refractivity contribution in [2.24, 2.45) is 0 Å². The molecule has 0 aromatic rings. The Labute approximate surface area is 77.8 Å². The monoisotopic (exact) mass is 190 g/mol. The lowest BCUT2D eigenvalue weighted by molar-refractivity contribution is -0.117. The predicted molar refractivity (Wildman–Crippen MR) is 48.0 cm³/mol. The summed E-state index contributed by atoms with van der Waals surface area (Å²) in [7, 11) is 1.59. The standard InChI is InChI=1S/C10H16F2O/c1-3-4-9(13-2)5-7-10(11,12)8-6-9/h3H,1,4-8H2,2H3. The molecule has 0 bridgehead atoms. The Balaban J connectivity index is 2.57. The number of rotatable bonds is 3. The van der Waals surface area contributed by atoms with Crippen LogP contribution in [0.4, 0.5) is 8.78 Å². The molecule has 0 atom stereocenters. The van der Waals surface area contributed by atoms with Crippen LogP contribution in [0.25, 0.3) is 0 Å². The Hall–Kier alpha value is -0.440. The first-order chi connectivity index (χ1) is 6.04. The summed E-state index contributed by atoms with van der Waals surface area (Å²) in [4.78, 5) is 0. The van der Waals surface area contributed by atoms with Crippen LogP contribution in [0.5, 0.6) is 0 Å². The topological polar surface area (TPSA) is 9.23 Å². The van der Waals surface area contributed by atoms with Crippen molar-refractivity contribution >= 4 is 0 Å². The van der Waals surface area contributed by atoms with Crippen LogP contribution in [0.15, 0.2) is 12.7 Å². The summed E-state index contributed by atoms with van der Waals surface area (Å²) in [5, 5.41) is 0. The zero-order valence-electron chi connectivity index (χ0n) is 7.98. The highest BCUT2D eigenvalue weighted by molar-refractivity contribution is 4.94. The molecule has 0 aliphatic heterocycles. The van der Waals surface area contributed by atoms with Gasteiger partial charge in [0.05, 0.1) is 5.60 Å². The summed E-state index contributed by atoms with van der Waals surface area (Å²) in [6.45, 7) is 3.62. The molecule has 0 spiro atoms. The molecule has 0 heterocycles. The molecule has 1 aliphatic carbocycles. The van der Waals surface area contributed by atoms with Crippen molar-refractivity contribution in [3.8, 4) is 0 Å². The van der Waals surface area contributed by atoms with Crippen LogP contribution in [0.3, 0.4) is 0 Å². The minimum absolute atomic E-state index is 0.0608. The Morgan fingerprint density at radius 1 is 1.31 bits per heavy atom. The Morgan fingerprint density at radius 3 is 2.23 bits per heavy atom. The fourth-order valence-corrected chi connectivity index (χ4v) is 1.83. The SMILES string of the molecule is C=CCC1(OC)CCC(F)(F)CC1. The molecule has 1 nitrogen and oxygen atoms in total. The largest absolute Gasteiger partial charge is 0.378 e. The van der Waals surface area contributed by atoms with E-state index in [9.17, 15) is 8.78 Å². The van der Waals surface area contributed by atoms with Crippen molar-refractivity contribution in [2.75, 3.05) is 7.11 Å². The zero-order chi connectivity index (χ0) is 9.95. The van der Waals surface area contributed by atoms with Gasteiger partial charge in [-0.15, -0.1) is 6.58 Å². The van der Waals surface area contributed by atoms with Crippen molar-refractivity contribution in [1.29, 1.82) is 0 Å². The third-order valence-corrected chi connectivity index (χ3v) is 2.84. The highest BCUT2D eigenvalue weighted by Gasteiger charge is 2.42. The van der Waals surface area contributed by atoms with Gasteiger partial charge in [-0.05, 0) is 19.3 Å². The fourth-order valence-electron chi connectivity index (χ4n) is 1.83. The van der Waals surface area contributed by atoms with E-state index in [0.29, 0.717) is 19.3 Å². The van der Waals surface area contributed by atoms with Gasteiger partial charge in [0.1, 0.15) is 0 Å². The molecular formula is C10H16F2O. The molecule has 0 N–H and O–H groups in total. The summed E-state index contributed by atoms with van der Waals surface area (Å²) in [6.07, 6.45) is 3.15. The van der Waals surface area contributed by atoms with Crippen LogP contribution >= 0.6 is 0 Å². The predicted octanol–water partition coefficient (Wildman–Crippen LogP) is 3.16. The van der Waals surface area contributed by atoms with Gasteiger partial charge >= 0.3 is 0 Å². The molecule has 3 heteroatoms. The van der Waals surface area contributed by atoms with Crippen molar-refractivity contribution < 1.29 is 13.5 Å². The number of hydrogen-bond donors (Lipinski definition) is 0. The molecule has 0 aromatic carbocycles. The highest BCUT2D eigenvalue weighted by atomic mass is 19.3. The van der Waals surface area contributed by atoms with E-state index < -0.39 is 5.92 Å². The first kappa shape index (κ1) is 10.6. The van der Waals surface area contributed by atoms with Crippen LogP contribution in [-0.2, 0) is 4.74 Å². The van der Waals surface area contributed by atoms with Crippen molar-refractivity contribution in [1.82, 2.24) is 0 Å². The lowest BCUT2D eigenvalue weighted by atomic mass is 9.80. The summed E-state index contributed by atoms with van der Waals surface area (Å²) >= 11 is 0. The second-order valence-electron chi connectivity index (χ2n) is 3.74. The molecule has 0 amide bonds. The Kier molecular flexibility index (Phi) is 3.06. The molecule has 0 unspecified atom stereocenters. The molecule has 1 fully saturated rings. The minimum Gasteiger partial charge on any atom is -0.378 e. The second-order valence-corrected chi connectivity index (χ2v) is 3.74. The number of ether oxygens (including phenoxy) is 1. The summed E-state index contributed by atoms with van der Waals surface area (Å²) in [6, 6.07) is 0. The average molecular weight is 190 g/mol. The van der Waals surface area contributed by atoms with E-state index in [1.165, 1.54) is 0 Å². The van der Waals surface area contributed by atoms with Crippen molar-refractivity contribution in [2.45, 2.75) is 43.6 Å². The van der Waals surface area contributed by atoms with E-state index in [-0.39, 0.29) is 18.4 Å². The maximum Gasteiger partial charge on any atom is 0.248 e. The molecule has 1 aliphatic rings. The van der Waals surface area contributed by atoms with Crippen LogP contribution in [0.1, 0.15) is 32.1 Å². The molecular weight excluding hydrogens is 174 g/mol. The van der Waals surface area contributed by atoms with Gasteiger partial charge in [0.15, 0.2) is 0 Å². The van der Waals surface area contributed by atoms with Gasteiger partial charge in [-0.2, -0.15) is 0 Å². The molecule has 0 radical (unpaired) electrons. The number of alkyl halides is 2. The molecule has 1 saturated carbocycles. The third kappa shape index (κ3) is 2.50. The van der Waals surface area contributed by atoms with Crippen molar-refractivity contribution in [3.63, 3.8) is 0 Å². The van der Waals surface area contributed by atoms with E-state index in [1.54, 1.807) is 13.2 Å². The molecule has 76 valence electrons. The lowest BCUT2D eigenvalue weighted by Gasteiger charge is -2.38. The minimum atomic E-state index is -2.48. The van der Waals surface area contributed by atoms with Crippen LogP contribution in [0, 0.1) is 0 Å². The van der Waals surface area contributed by atoms with Crippen LogP contribution in [-0.4, -0.2) is 18.6 Å². The fraction of sp³-hybridized carbons (Fsp3) is 0.800. The average Bonchev–Trinajstić information content (AvgIpc) is 2.10. The maximum atomic E-state index is 12.8.